The van der Waals surface area contributed by atoms with E-state index in [0.717, 1.165) is 18.1 Å². The summed E-state index contributed by atoms with van der Waals surface area (Å²) in [5.74, 6) is 0. The summed E-state index contributed by atoms with van der Waals surface area (Å²) in [6, 6.07) is 2.78. The van der Waals surface area contributed by atoms with E-state index < -0.39 is 0 Å². The monoisotopic (exact) mass is 293 g/mol. The predicted molar refractivity (Wildman–Crippen MR) is 85.4 cm³/mol. The lowest BCUT2D eigenvalue weighted by molar-refractivity contribution is -0.00431. The Morgan fingerprint density at radius 1 is 1.25 bits per heavy atom. The summed E-state index contributed by atoms with van der Waals surface area (Å²) in [6.45, 7) is 6.69. The second kappa shape index (κ2) is 5.74. The van der Waals surface area contributed by atoms with Crippen LogP contribution in [-0.2, 0) is 0 Å². The van der Waals surface area contributed by atoms with E-state index in [0.29, 0.717) is 6.04 Å². The highest BCUT2D eigenvalue weighted by molar-refractivity contribution is 7.11. The highest BCUT2D eigenvalue weighted by Gasteiger charge is 2.41. The Morgan fingerprint density at radius 2 is 1.90 bits per heavy atom. The zero-order chi connectivity index (χ0) is 14.3. The summed E-state index contributed by atoms with van der Waals surface area (Å²) < 4.78 is 0. The van der Waals surface area contributed by atoms with Crippen molar-refractivity contribution in [1.82, 2.24) is 15.2 Å². The highest BCUT2D eigenvalue weighted by Crippen LogP contribution is 2.41. The fraction of sp³-hybridized carbons (Fsp3) is 0.812. The number of hydrogen-bond acceptors (Lipinski definition) is 4. The van der Waals surface area contributed by atoms with Gasteiger partial charge < -0.3 is 5.32 Å². The van der Waals surface area contributed by atoms with E-state index in [1.165, 1.54) is 47.7 Å². The van der Waals surface area contributed by atoms with Gasteiger partial charge in [0.2, 0.25) is 0 Å². The molecule has 1 aromatic heterocycles. The van der Waals surface area contributed by atoms with Gasteiger partial charge in [-0.3, -0.25) is 4.90 Å². The summed E-state index contributed by atoms with van der Waals surface area (Å²) in [5.41, 5.74) is 1.24. The Bertz CT molecular complexity index is 456. The third-order valence-corrected chi connectivity index (χ3v) is 6.45. The molecule has 112 valence electrons. The molecule has 0 spiro atoms. The lowest BCUT2D eigenvalue weighted by Crippen LogP contribution is -2.56. The van der Waals surface area contributed by atoms with Crippen LogP contribution >= 0.6 is 11.3 Å². The number of fused-ring (bicyclic) bond motifs is 2. The zero-order valence-corrected chi connectivity index (χ0v) is 14.0. The SMILES string of the molecule is CNC1CC2CCCC(C1)N2C(C)c1sc(C)nc1C. The first-order valence-corrected chi connectivity index (χ1v) is 8.80. The number of thiazole rings is 1. The summed E-state index contributed by atoms with van der Waals surface area (Å²) in [7, 11) is 2.12. The van der Waals surface area contributed by atoms with Crippen molar-refractivity contribution in [2.75, 3.05) is 7.05 Å². The standard InChI is InChI=1S/C16H27N3S/c1-10-16(20-12(3)18-10)11(2)19-14-6-5-7-15(19)9-13(8-14)17-4/h11,13-15,17H,5-9H2,1-4H3. The van der Waals surface area contributed by atoms with Crippen LogP contribution in [-0.4, -0.2) is 35.1 Å². The molecular weight excluding hydrogens is 266 g/mol. The molecule has 0 amide bonds. The maximum absolute atomic E-state index is 4.63. The number of aromatic nitrogens is 1. The van der Waals surface area contributed by atoms with Crippen LogP contribution in [0.2, 0.25) is 0 Å². The average Bonchev–Trinajstić information content (AvgIpc) is 2.75. The van der Waals surface area contributed by atoms with Gasteiger partial charge in [0.1, 0.15) is 0 Å². The third-order valence-electron chi connectivity index (χ3n) is 5.21. The van der Waals surface area contributed by atoms with Crippen molar-refractivity contribution in [1.29, 1.82) is 0 Å². The molecular formula is C16H27N3S. The van der Waals surface area contributed by atoms with Crippen LogP contribution in [0.1, 0.15) is 60.6 Å². The molecule has 2 saturated heterocycles. The van der Waals surface area contributed by atoms with Gasteiger partial charge >= 0.3 is 0 Å². The van der Waals surface area contributed by atoms with Crippen LogP contribution in [0.5, 0.6) is 0 Å². The van der Waals surface area contributed by atoms with Crippen LogP contribution in [0, 0.1) is 13.8 Å². The Hall–Kier alpha value is -0.450. The van der Waals surface area contributed by atoms with E-state index in [9.17, 15) is 0 Å². The van der Waals surface area contributed by atoms with E-state index in [4.69, 9.17) is 0 Å². The molecule has 1 N–H and O–H groups in total. The van der Waals surface area contributed by atoms with Gasteiger partial charge in [-0.15, -0.1) is 11.3 Å². The zero-order valence-electron chi connectivity index (χ0n) is 13.1. The summed E-state index contributed by atoms with van der Waals surface area (Å²) >= 11 is 1.89. The normalized spacial score (nSPS) is 32.3. The lowest BCUT2D eigenvalue weighted by Gasteiger charge is -2.51. The van der Waals surface area contributed by atoms with Crippen LogP contribution in [0.15, 0.2) is 0 Å². The fourth-order valence-electron chi connectivity index (χ4n) is 4.36. The first-order valence-electron chi connectivity index (χ1n) is 7.98. The number of rotatable bonds is 3. The van der Waals surface area contributed by atoms with Crippen molar-refractivity contribution in [3.63, 3.8) is 0 Å². The van der Waals surface area contributed by atoms with Gasteiger partial charge in [0, 0.05) is 29.0 Å². The molecule has 3 heterocycles. The quantitative estimate of drug-likeness (QED) is 0.925. The third kappa shape index (κ3) is 2.53. The topological polar surface area (TPSA) is 28.2 Å². The molecule has 3 rings (SSSR count). The maximum Gasteiger partial charge on any atom is 0.0900 e. The average molecular weight is 293 g/mol. The van der Waals surface area contributed by atoms with Crippen LogP contribution in [0.25, 0.3) is 0 Å². The molecule has 2 aliphatic rings. The van der Waals surface area contributed by atoms with Crippen molar-refractivity contribution in [3.8, 4) is 0 Å². The molecule has 3 nitrogen and oxygen atoms in total. The van der Waals surface area contributed by atoms with Gasteiger partial charge in [0.05, 0.1) is 10.7 Å². The second-order valence-electron chi connectivity index (χ2n) is 6.50. The van der Waals surface area contributed by atoms with Crippen LogP contribution in [0.3, 0.4) is 0 Å². The number of hydrogen-bond donors (Lipinski definition) is 1. The predicted octanol–water partition coefficient (Wildman–Crippen LogP) is 3.43. The number of nitrogens with one attached hydrogen (secondary N) is 1. The molecule has 0 radical (unpaired) electrons. The van der Waals surface area contributed by atoms with Crippen LogP contribution in [0.4, 0.5) is 0 Å². The molecule has 3 atom stereocenters. The van der Waals surface area contributed by atoms with Gasteiger partial charge in [-0.1, -0.05) is 6.42 Å². The first-order chi connectivity index (χ1) is 9.60. The molecule has 2 fully saturated rings. The van der Waals surface area contributed by atoms with E-state index in [1.807, 2.05) is 11.3 Å². The highest BCUT2D eigenvalue weighted by atomic mass is 32.1. The Labute approximate surface area is 126 Å². The number of piperidine rings is 2. The minimum absolute atomic E-state index is 0.536. The molecule has 0 saturated carbocycles. The summed E-state index contributed by atoms with van der Waals surface area (Å²) in [4.78, 5) is 8.94. The largest absolute Gasteiger partial charge is 0.317 e. The summed E-state index contributed by atoms with van der Waals surface area (Å²) in [5, 5.41) is 4.72. The van der Waals surface area contributed by atoms with Crippen molar-refractivity contribution in [2.24, 2.45) is 0 Å². The van der Waals surface area contributed by atoms with Crippen molar-refractivity contribution in [3.05, 3.63) is 15.6 Å². The van der Waals surface area contributed by atoms with Crippen LogP contribution < -0.4 is 5.32 Å². The summed E-state index contributed by atoms with van der Waals surface area (Å²) in [6.07, 6.45) is 6.78. The van der Waals surface area contributed by atoms with E-state index in [1.54, 1.807) is 0 Å². The molecule has 0 aliphatic carbocycles. The van der Waals surface area contributed by atoms with Crippen molar-refractivity contribution in [2.45, 2.75) is 77.0 Å². The minimum atomic E-state index is 0.536. The van der Waals surface area contributed by atoms with Gasteiger partial charge in [-0.25, -0.2) is 4.98 Å². The van der Waals surface area contributed by atoms with Gasteiger partial charge in [-0.2, -0.15) is 0 Å². The Balaban J connectivity index is 1.84. The van der Waals surface area contributed by atoms with Crippen molar-refractivity contribution >= 4 is 11.3 Å². The Morgan fingerprint density at radius 3 is 2.40 bits per heavy atom. The second-order valence-corrected chi connectivity index (χ2v) is 7.74. The molecule has 2 aliphatic heterocycles. The maximum atomic E-state index is 4.63. The van der Waals surface area contributed by atoms with Crippen molar-refractivity contribution < 1.29 is 0 Å². The van der Waals surface area contributed by atoms with Gasteiger partial charge in [0.25, 0.3) is 0 Å². The fourth-order valence-corrected chi connectivity index (χ4v) is 5.34. The molecule has 20 heavy (non-hydrogen) atoms. The molecule has 0 aromatic carbocycles. The Kier molecular flexibility index (Phi) is 4.16. The minimum Gasteiger partial charge on any atom is -0.317 e. The lowest BCUT2D eigenvalue weighted by atomic mass is 9.80. The molecule has 1 aromatic rings. The van der Waals surface area contributed by atoms with E-state index >= 15 is 0 Å². The number of nitrogens with zero attached hydrogens (tertiary/aromatic N) is 2. The van der Waals surface area contributed by atoms with E-state index in [2.05, 4.69) is 43.0 Å². The van der Waals surface area contributed by atoms with Gasteiger partial charge in [0.15, 0.2) is 0 Å². The van der Waals surface area contributed by atoms with E-state index in [-0.39, 0.29) is 0 Å². The van der Waals surface area contributed by atoms with Gasteiger partial charge in [-0.05, 0) is 53.5 Å². The molecule has 3 unspecified atom stereocenters. The molecule has 4 heteroatoms. The first kappa shape index (κ1) is 14.5. The molecule has 2 bridgehead atoms. The smallest absolute Gasteiger partial charge is 0.0900 e. The number of aryl methyl sites for hydroxylation is 2.